The summed E-state index contributed by atoms with van der Waals surface area (Å²) < 4.78 is 0.718. The maximum atomic E-state index is 12.6. The van der Waals surface area contributed by atoms with Crippen LogP contribution in [0.5, 0.6) is 0 Å². The van der Waals surface area contributed by atoms with Gasteiger partial charge < -0.3 is 5.32 Å². The highest BCUT2D eigenvalue weighted by Gasteiger charge is 2.51. The zero-order chi connectivity index (χ0) is 19.0. The van der Waals surface area contributed by atoms with Gasteiger partial charge in [-0.1, -0.05) is 12.1 Å². The number of hydrogen-bond donors (Lipinski definition) is 2. The second-order valence-electron chi connectivity index (χ2n) is 8.69. The quantitative estimate of drug-likeness (QED) is 0.545. The lowest BCUT2D eigenvalue weighted by Crippen LogP contribution is -2.60. The molecule has 5 nitrogen and oxygen atoms in total. The number of benzene rings is 1. The molecular formula is C21H26BrN3O2. The molecule has 4 saturated carbocycles. The van der Waals surface area contributed by atoms with Crippen molar-refractivity contribution in [2.75, 3.05) is 0 Å². The Morgan fingerprint density at radius 1 is 1.11 bits per heavy atom. The smallest absolute Gasteiger partial charge is 0.272 e. The molecule has 0 spiro atoms. The van der Waals surface area contributed by atoms with E-state index in [1.807, 2.05) is 12.1 Å². The first-order valence-electron chi connectivity index (χ1n) is 9.81. The molecule has 0 unspecified atom stereocenters. The van der Waals surface area contributed by atoms with Crippen LogP contribution in [-0.2, 0) is 4.79 Å². The van der Waals surface area contributed by atoms with Gasteiger partial charge in [-0.15, -0.1) is 0 Å². The van der Waals surface area contributed by atoms with Crippen molar-refractivity contribution in [3.8, 4) is 0 Å². The van der Waals surface area contributed by atoms with Crippen LogP contribution >= 0.6 is 15.9 Å². The summed E-state index contributed by atoms with van der Waals surface area (Å²) in [6, 6.07) is 7.19. The van der Waals surface area contributed by atoms with Gasteiger partial charge in [-0.3, -0.25) is 9.59 Å². The number of carbonyl (C=O) groups excluding carboxylic acids is 2. The van der Waals surface area contributed by atoms with E-state index in [1.165, 1.54) is 19.3 Å². The van der Waals surface area contributed by atoms with Crippen LogP contribution in [0.4, 0.5) is 0 Å². The third-order valence-electron chi connectivity index (χ3n) is 6.33. The summed E-state index contributed by atoms with van der Waals surface area (Å²) in [7, 11) is 0. The lowest BCUT2D eigenvalue weighted by Gasteiger charge is -2.56. The van der Waals surface area contributed by atoms with E-state index in [2.05, 4.69) is 31.8 Å². The third kappa shape index (κ3) is 4.10. The summed E-state index contributed by atoms with van der Waals surface area (Å²) in [6.45, 7) is 1.78. The molecular weight excluding hydrogens is 406 g/mol. The Kier molecular flexibility index (Phi) is 5.10. The zero-order valence-electron chi connectivity index (χ0n) is 15.6. The predicted molar refractivity (Wildman–Crippen MR) is 108 cm³/mol. The van der Waals surface area contributed by atoms with Crippen molar-refractivity contribution in [2.45, 2.75) is 57.4 Å². The maximum Gasteiger partial charge on any atom is 0.272 e. The first-order valence-corrected chi connectivity index (χ1v) is 10.6. The van der Waals surface area contributed by atoms with Gasteiger partial charge in [0.2, 0.25) is 5.91 Å². The average Bonchev–Trinajstić information content (AvgIpc) is 2.58. The van der Waals surface area contributed by atoms with Gasteiger partial charge in [0.25, 0.3) is 5.91 Å². The highest BCUT2D eigenvalue weighted by atomic mass is 79.9. The number of hydrazone groups is 1. The Balaban J connectivity index is 1.32. The molecule has 4 aliphatic rings. The number of rotatable bonds is 5. The molecule has 2 amide bonds. The minimum absolute atomic E-state index is 0.0181. The van der Waals surface area contributed by atoms with E-state index in [9.17, 15) is 9.59 Å². The van der Waals surface area contributed by atoms with Crippen LogP contribution in [0.3, 0.4) is 0 Å². The van der Waals surface area contributed by atoms with E-state index in [0.29, 0.717) is 11.3 Å². The first kappa shape index (κ1) is 18.7. The molecule has 4 fully saturated rings. The normalized spacial score (nSPS) is 31.6. The fourth-order valence-corrected chi connectivity index (χ4v) is 6.19. The fourth-order valence-electron chi connectivity index (χ4n) is 5.73. The van der Waals surface area contributed by atoms with Crippen LogP contribution in [0.25, 0.3) is 0 Å². The lowest BCUT2D eigenvalue weighted by molar-refractivity contribution is -0.125. The van der Waals surface area contributed by atoms with Gasteiger partial charge in [0.05, 0.1) is 12.0 Å². The fraction of sp³-hybridized carbons (Fsp3) is 0.571. The number of amides is 2. The molecule has 0 atom stereocenters. The molecule has 5 rings (SSSR count). The Morgan fingerprint density at radius 3 is 2.30 bits per heavy atom. The van der Waals surface area contributed by atoms with E-state index in [4.69, 9.17) is 0 Å². The van der Waals surface area contributed by atoms with Crippen LogP contribution in [0, 0.1) is 17.8 Å². The molecule has 2 N–H and O–H groups in total. The van der Waals surface area contributed by atoms with E-state index in [-0.39, 0.29) is 23.8 Å². The van der Waals surface area contributed by atoms with Gasteiger partial charge in [-0.2, -0.15) is 5.10 Å². The van der Waals surface area contributed by atoms with Crippen LogP contribution in [0.15, 0.2) is 33.8 Å². The number of halogens is 1. The topological polar surface area (TPSA) is 70.6 Å². The minimum Gasteiger partial charge on any atom is -0.350 e. The molecule has 27 heavy (non-hydrogen) atoms. The van der Waals surface area contributed by atoms with Crippen LogP contribution in [0.2, 0.25) is 0 Å². The summed E-state index contributed by atoms with van der Waals surface area (Å²) in [5.74, 6) is 2.14. The molecule has 6 heteroatoms. The van der Waals surface area contributed by atoms with E-state index in [1.54, 1.807) is 19.1 Å². The molecule has 0 aromatic heterocycles. The standard InChI is InChI=1S/C21H26BrN3O2/c1-13(24-25-20(27)17-4-2-3-5-18(17)22)6-19(26)23-21-10-14-7-15(11-21)9-16(8-14)12-21/h2-5,14-16H,6-12H2,1H3,(H,23,26)(H,25,27). The molecule has 1 aromatic carbocycles. The molecule has 144 valence electrons. The third-order valence-corrected chi connectivity index (χ3v) is 7.02. The van der Waals surface area contributed by atoms with Gasteiger partial charge in [0.15, 0.2) is 0 Å². The molecule has 0 saturated heterocycles. The van der Waals surface area contributed by atoms with Crippen molar-refractivity contribution in [3.05, 3.63) is 34.3 Å². The second kappa shape index (κ2) is 7.38. The molecule has 4 bridgehead atoms. The van der Waals surface area contributed by atoms with Crippen LogP contribution in [-0.4, -0.2) is 23.1 Å². The summed E-state index contributed by atoms with van der Waals surface area (Å²) in [4.78, 5) is 24.8. The van der Waals surface area contributed by atoms with E-state index < -0.39 is 0 Å². The van der Waals surface area contributed by atoms with Crippen LogP contribution < -0.4 is 10.7 Å². The SMILES string of the molecule is CC(CC(=O)NC12CC3CC(CC(C3)C1)C2)=NNC(=O)c1ccccc1Br. The number of carbonyl (C=O) groups is 2. The van der Waals surface area contributed by atoms with Gasteiger partial charge in [0.1, 0.15) is 0 Å². The Bertz CT molecular complexity index is 754. The van der Waals surface area contributed by atoms with Gasteiger partial charge >= 0.3 is 0 Å². The van der Waals surface area contributed by atoms with E-state index >= 15 is 0 Å². The summed E-state index contributed by atoms with van der Waals surface area (Å²) >= 11 is 3.36. The Morgan fingerprint density at radius 2 is 1.70 bits per heavy atom. The van der Waals surface area contributed by atoms with E-state index in [0.717, 1.165) is 41.5 Å². The lowest BCUT2D eigenvalue weighted by atomic mass is 9.53. The number of nitrogens with zero attached hydrogens (tertiary/aromatic N) is 1. The summed E-state index contributed by atoms with van der Waals surface area (Å²) in [6.07, 6.45) is 7.71. The molecule has 1 aromatic rings. The van der Waals surface area contributed by atoms with Crippen molar-refractivity contribution in [3.63, 3.8) is 0 Å². The van der Waals surface area contributed by atoms with Crippen molar-refractivity contribution in [2.24, 2.45) is 22.9 Å². The molecule has 0 heterocycles. The van der Waals surface area contributed by atoms with Gasteiger partial charge in [-0.05, 0) is 91.3 Å². The minimum atomic E-state index is -0.289. The van der Waals surface area contributed by atoms with Crippen molar-refractivity contribution in [1.29, 1.82) is 0 Å². The van der Waals surface area contributed by atoms with Gasteiger partial charge in [-0.25, -0.2) is 5.43 Å². The summed E-state index contributed by atoms with van der Waals surface area (Å²) in [5.41, 5.74) is 3.69. The largest absolute Gasteiger partial charge is 0.350 e. The highest BCUT2D eigenvalue weighted by Crippen LogP contribution is 2.55. The Hall–Kier alpha value is -1.69. The average molecular weight is 432 g/mol. The zero-order valence-corrected chi connectivity index (χ0v) is 17.2. The number of hydrogen-bond acceptors (Lipinski definition) is 3. The predicted octanol–water partition coefficient (Wildman–Crippen LogP) is 4.03. The maximum absolute atomic E-state index is 12.6. The van der Waals surface area contributed by atoms with Gasteiger partial charge in [0, 0.05) is 15.7 Å². The highest BCUT2D eigenvalue weighted by molar-refractivity contribution is 9.10. The van der Waals surface area contributed by atoms with Crippen molar-refractivity contribution < 1.29 is 9.59 Å². The first-order chi connectivity index (χ1) is 12.9. The monoisotopic (exact) mass is 431 g/mol. The summed E-state index contributed by atoms with van der Waals surface area (Å²) in [5, 5.41) is 7.46. The molecule has 0 radical (unpaired) electrons. The molecule has 4 aliphatic carbocycles. The van der Waals surface area contributed by atoms with Crippen molar-refractivity contribution in [1.82, 2.24) is 10.7 Å². The number of nitrogens with one attached hydrogen (secondary N) is 2. The van der Waals surface area contributed by atoms with Crippen molar-refractivity contribution >= 4 is 33.5 Å². The Labute approximate surface area is 168 Å². The molecule has 0 aliphatic heterocycles. The second-order valence-corrected chi connectivity index (χ2v) is 9.55. The van der Waals surface area contributed by atoms with Crippen LogP contribution in [0.1, 0.15) is 62.2 Å².